The molecule has 1 aromatic rings. The summed E-state index contributed by atoms with van der Waals surface area (Å²) in [6.07, 6.45) is 4.94. The van der Waals surface area contributed by atoms with Crippen molar-refractivity contribution in [3.63, 3.8) is 0 Å². The van der Waals surface area contributed by atoms with Crippen LogP contribution in [-0.2, 0) is 17.6 Å². The van der Waals surface area contributed by atoms with E-state index in [9.17, 15) is 9.90 Å². The second-order valence-electron chi connectivity index (χ2n) is 6.08. The number of aryl methyl sites for hydroxylation is 1. The number of carboxylic acid groups (broad SMARTS) is 1. The molecule has 6 nitrogen and oxygen atoms in total. The Morgan fingerprint density at radius 2 is 2.19 bits per heavy atom. The summed E-state index contributed by atoms with van der Waals surface area (Å²) in [5.41, 5.74) is 8.04. The van der Waals surface area contributed by atoms with Crippen molar-refractivity contribution in [2.75, 3.05) is 23.7 Å². The summed E-state index contributed by atoms with van der Waals surface area (Å²) in [5.74, 6) is 0.366. The maximum Gasteiger partial charge on any atom is 0.308 e. The van der Waals surface area contributed by atoms with Crippen LogP contribution in [0.15, 0.2) is 0 Å². The van der Waals surface area contributed by atoms with Crippen molar-refractivity contribution < 1.29 is 9.90 Å². The first-order valence-electron chi connectivity index (χ1n) is 7.73. The Kier molecular flexibility index (Phi) is 3.69. The Morgan fingerprint density at radius 1 is 1.38 bits per heavy atom. The predicted octanol–water partition coefficient (Wildman–Crippen LogP) is 1.48. The van der Waals surface area contributed by atoms with Gasteiger partial charge in [-0.25, -0.2) is 4.98 Å². The molecular formula is C15H22N4O2. The largest absolute Gasteiger partial charge is 0.481 e. The molecule has 3 N–H and O–H groups in total. The first-order chi connectivity index (χ1) is 10.1. The van der Waals surface area contributed by atoms with Gasteiger partial charge >= 0.3 is 5.97 Å². The lowest BCUT2D eigenvalue weighted by Gasteiger charge is -2.20. The molecule has 3 rings (SSSR count). The molecule has 1 aromatic heterocycles. The molecule has 114 valence electrons. The summed E-state index contributed by atoms with van der Waals surface area (Å²) in [5, 5.41) is 9.44. The van der Waals surface area contributed by atoms with Crippen LogP contribution in [0.1, 0.15) is 37.4 Å². The van der Waals surface area contributed by atoms with Gasteiger partial charge < -0.3 is 15.7 Å². The lowest BCUT2D eigenvalue weighted by molar-refractivity contribution is -0.142. The molecule has 2 aliphatic rings. The molecule has 1 aliphatic heterocycles. The van der Waals surface area contributed by atoms with Crippen molar-refractivity contribution in [3.8, 4) is 0 Å². The van der Waals surface area contributed by atoms with Gasteiger partial charge in [-0.3, -0.25) is 4.79 Å². The zero-order chi connectivity index (χ0) is 15.0. The van der Waals surface area contributed by atoms with E-state index in [0.717, 1.165) is 50.2 Å². The smallest absolute Gasteiger partial charge is 0.308 e. The number of hydrogen-bond donors (Lipinski definition) is 2. The van der Waals surface area contributed by atoms with Gasteiger partial charge in [0.1, 0.15) is 5.82 Å². The molecule has 6 heteroatoms. The maximum absolute atomic E-state index is 11.5. The van der Waals surface area contributed by atoms with Crippen molar-refractivity contribution in [3.05, 3.63) is 11.3 Å². The van der Waals surface area contributed by atoms with Gasteiger partial charge in [-0.15, -0.1) is 0 Å². The van der Waals surface area contributed by atoms with Crippen LogP contribution in [0.25, 0.3) is 0 Å². The molecule has 1 saturated heterocycles. The maximum atomic E-state index is 11.5. The third-order valence-corrected chi connectivity index (χ3v) is 4.65. The second kappa shape index (κ2) is 5.50. The number of aliphatic carboxylic acids is 1. The Hall–Kier alpha value is -1.85. The van der Waals surface area contributed by atoms with Gasteiger partial charge in [0.05, 0.1) is 11.6 Å². The van der Waals surface area contributed by atoms with E-state index in [0.29, 0.717) is 12.5 Å². The quantitative estimate of drug-likeness (QED) is 0.872. The van der Waals surface area contributed by atoms with Crippen molar-refractivity contribution in [2.24, 2.45) is 11.8 Å². The van der Waals surface area contributed by atoms with Gasteiger partial charge in [-0.2, -0.15) is 4.98 Å². The molecule has 0 aromatic carbocycles. The van der Waals surface area contributed by atoms with Crippen molar-refractivity contribution in [2.45, 2.75) is 39.0 Å². The minimum Gasteiger partial charge on any atom is -0.481 e. The first kappa shape index (κ1) is 14.1. The number of hydrogen-bond acceptors (Lipinski definition) is 5. The highest BCUT2D eigenvalue weighted by Gasteiger charge is 2.38. The number of nitrogens with two attached hydrogens (primary N) is 1. The van der Waals surface area contributed by atoms with Gasteiger partial charge in [-0.05, 0) is 31.6 Å². The fraction of sp³-hybridized carbons (Fsp3) is 0.667. The number of anilines is 2. The number of fused-ring (bicyclic) bond motifs is 1. The summed E-state index contributed by atoms with van der Waals surface area (Å²) in [6.45, 7) is 3.39. The van der Waals surface area contributed by atoms with E-state index in [1.54, 1.807) is 0 Å². The normalized spacial score (nSPS) is 24.3. The molecule has 0 radical (unpaired) electrons. The molecule has 2 unspecified atom stereocenters. The third-order valence-electron chi connectivity index (χ3n) is 4.65. The molecule has 2 heterocycles. The van der Waals surface area contributed by atoms with Gasteiger partial charge in [-0.1, -0.05) is 13.3 Å². The summed E-state index contributed by atoms with van der Waals surface area (Å²) < 4.78 is 0. The van der Waals surface area contributed by atoms with Crippen LogP contribution in [0.2, 0.25) is 0 Å². The predicted molar refractivity (Wildman–Crippen MR) is 80.2 cm³/mol. The Bertz CT molecular complexity index is 561. The number of carbonyl (C=O) groups is 1. The fourth-order valence-electron chi connectivity index (χ4n) is 3.68. The zero-order valence-electron chi connectivity index (χ0n) is 12.4. The second-order valence-corrected chi connectivity index (χ2v) is 6.08. The van der Waals surface area contributed by atoms with Crippen LogP contribution in [0.4, 0.5) is 11.8 Å². The van der Waals surface area contributed by atoms with E-state index in [1.165, 1.54) is 5.56 Å². The molecule has 0 spiro atoms. The average molecular weight is 290 g/mol. The third kappa shape index (κ3) is 2.54. The average Bonchev–Trinajstić information content (AvgIpc) is 3.04. The molecule has 0 amide bonds. The summed E-state index contributed by atoms with van der Waals surface area (Å²) in [7, 11) is 0. The standard InChI is InChI=1S/C15H22N4O2/c1-2-4-9-7-19(8-11(9)14(20)21)13-10-5-3-6-12(10)17-15(16)18-13/h9,11H,2-8H2,1H3,(H,20,21)(H2,16,17,18). The molecule has 21 heavy (non-hydrogen) atoms. The zero-order valence-corrected chi connectivity index (χ0v) is 12.4. The molecule has 2 atom stereocenters. The van der Waals surface area contributed by atoms with Gasteiger partial charge in [0, 0.05) is 18.7 Å². The SMILES string of the molecule is CCCC1CN(c2nc(N)nc3c2CCC3)CC1C(=O)O. The number of carboxylic acids is 1. The lowest BCUT2D eigenvalue weighted by Crippen LogP contribution is -2.25. The van der Waals surface area contributed by atoms with Crippen LogP contribution in [0.3, 0.4) is 0 Å². The molecule has 0 bridgehead atoms. The van der Waals surface area contributed by atoms with Crippen LogP contribution in [0.5, 0.6) is 0 Å². The highest BCUT2D eigenvalue weighted by atomic mass is 16.4. The molecule has 1 fully saturated rings. The molecular weight excluding hydrogens is 268 g/mol. The van der Waals surface area contributed by atoms with E-state index in [4.69, 9.17) is 5.73 Å². The van der Waals surface area contributed by atoms with E-state index < -0.39 is 5.97 Å². The minimum atomic E-state index is -0.699. The topological polar surface area (TPSA) is 92.3 Å². The Morgan fingerprint density at radius 3 is 2.90 bits per heavy atom. The summed E-state index contributed by atoms with van der Waals surface area (Å²) >= 11 is 0. The summed E-state index contributed by atoms with van der Waals surface area (Å²) in [4.78, 5) is 22.3. The van der Waals surface area contributed by atoms with E-state index in [-0.39, 0.29) is 11.8 Å². The van der Waals surface area contributed by atoms with Gasteiger partial charge in [0.25, 0.3) is 0 Å². The first-order valence-corrected chi connectivity index (χ1v) is 7.73. The Balaban J connectivity index is 1.90. The summed E-state index contributed by atoms with van der Waals surface area (Å²) in [6, 6.07) is 0. The Labute approximate surface area is 124 Å². The van der Waals surface area contributed by atoms with E-state index in [2.05, 4.69) is 21.8 Å². The highest BCUT2D eigenvalue weighted by molar-refractivity contribution is 5.73. The van der Waals surface area contributed by atoms with Crippen LogP contribution >= 0.6 is 0 Å². The molecule has 1 aliphatic carbocycles. The number of rotatable bonds is 4. The van der Waals surface area contributed by atoms with E-state index in [1.807, 2.05) is 0 Å². The number of nitrogen functional groups attached to an aromatic ring is 1. The highest BCUT2D eigenvalue weighted by Crippen LogP contribution is 2.35. The lowest BCUT2D eigenvalue weighted by atomic mass is 9.92. The number of aromatic nitrogens is 2. The van der Waals surface area contributed by atoms with E-state index >= 15 is 0 Å². The molecule has 0 saturated carbocycles. The minimum absolute atomic E-state index is 0.195. The van der Waals surface area contributed by atoms with Crippen LogP contribution < -0.4 is 10.6 Å². The number of nitrogens with zero attached hydrogens (tertiary/aromatic N) is 3. The van der Waals surface area contributed by atoms with Crippen LogP contribution in [0, 0.1) is 11.8 Å². The van der Waals surface area contributed by atoms with Gasteiger partial charge in [0.2, 0.25) is 5.95 Å². The monoisotopic (exact) mass is 290 g/mol. The van der Waals surface area contributed by atoms with Crippen molar-refractivity contribution in [1.82, 2.24) is 9.97 Å². The van der Waals surface area contributed by atoms with Crippen LogP contribution in [-0.4, -0.2) is 34.1 Å². The van der Waals surface area contributed by atoms with Crippen molar-refractivity contribution >= 4 is 17.7 Å². The van der Waals surface area contributed by atoms with Crippen molar-refractivity contribution in [1.29, 1.82) is 0 Å². The fourth-order valence-corrected chi connectivity index (χ4v) is 3.68. The van der Waals surface area contributed by atoms with Gasteiger partial charge in [0.15, 0.2) is 0 Å².